The van der Waals surface area contributed by atoms with Crippen LogP contribution in [0.25, 0.3) is 11.2 Å². The number of imidazole rings is 1. The molecular weight excluding hydrogens is 524 g/mol. The number of piperidine rings is 1. The van der Waals surface area contributed by atoms with Gasteiger partial charge in [0.25, 0.3) is 0 Å². The van der Waals surface area contributed by atoms with E-state index >= 15 is 0 Å². The minimum Gasteiger partial charge on any atom is -0.328 e. The van der Waals surface area contributed by atoms with Crippen LogP contribution in [0.4, 0.5) is 20.4 Å². The van der Waals surface area contributed by atoms with Gasteiger partial charge in [0.15, 0.2) is 5.65 Å². The third-order valence-electron chi connectivity index (χ3n) is 9.49. The van der Waals surface area contributed by atoms with Gasteiger partial charge in [-0.15, -0.1) is 0 Å². The summed E-state index contributed by atoms with van der Waals surface area (Å²) >= 11 is 0. The zero-order valence-electron chi connectivity index (χ0n) is 23.6. The lowest BCUT2D eigenvalue weighted by molar-refractivity contribution is -0.125. The Morgan fingerprint density at radius 2 is 1.73 bits per heavy atom. The highest BCUT2D eigenvalue weighted by Crippen LogP contribution is 2.38. The number of carbonyl (C=O) groups excluding carboxylic acids is 1. The number of nitrogens with zero attached hydrogens (tertiary/aromatic N) is 4. The number of nitrogens with one attached hydrogen (secondary N) is 2. The molecule has 2 aromatic heterocycles. The Hall–Kier alpha value is -2.98. The molecule has 0 bridgehead atoms. The standard InChI is InChI=1S/C31H41F2N7O/c32-22-5-10-26(25(33)17-22)37-31-38-27-18-36-29(16-19-1-6-23(34)7-2-19)39-30(27)40(31)24-8-3-21(4-9-24)28(41)15-20-11-13-35-14-12-20/h5,10,17-21,23-24,35H,1-4,6-9,11-16,34H2,(H,37,38). The summed E-state index contributed by atoms with van der Waals surface area (Å²) in [4.78, 5) is 27.5. The molecule has 4 N–H and O–H groups in total. The molecule has 0 unspecified atom stereocenters. The van der Waals surface area contributed by atoms with Crippen molar-refractivity contribution >= 4 is 28.6 Å². The molecule has 2 aliphatic carbocycles. The van der Waals surface area contributed by atoms with Crippen LogP contribution in [0.2, 0.25) is 0 Å². The van der Waals surface area contributed by atoms with Crippen molar-refractivity contribution < 1.29 is 13.6 Å². The van der Waals surface area contributed by atoms with E-state index < -0.39 is 11.6 Å². The second kappa shape index (κ2) is 12.5. The number of carbonyl (C=O) groups is 1. The van der Waals surface area contributed by atoms with E-state index in [1.54, 1.807) is 6.20 Å². The first-order chi connectivity index (χ1) is 19.9. The van der Waals surface area contributed by atoms with Crippen LogP contribution in [0, 0.1) is 29.4 Å². The number of fused-ring (bicyclic) bond motifs is 1. The lowest BCUT2D eigenvalue weighted by atomic mass is 9.79. The molecule has 10 heteroatoms. The Morgan fingerprint density at radius 3 is 2.46 bits per heavy atom. The largest absolute Gasteiger partial charge is 0.328 e. The van der Waals surface area contributed by atoms with Gasteiger partial charge in [0.1, 0.15) is 28.8 Å². The zero-order valence-corrected chi connectivity index (χ0v) is 23.6. The number of anilines is 2. The van der Waals surface area contributed by atoms with Crippen LogP contribution >= 0.6 is 0 Å². The first kappa shape index (κ1) is 28.2. The van der Waals surface area contributed by atoms with Crippen molar-refractivity contribution in [1.82, 2.24) is 24.8 Å². The van der Waals surface area contributed by atoms with Gasteiger partial charge in [0.2, 0.25) is 5.95 Å². The fourth-order valence-electron chi connectivity index (χ4n) is 7.01. The Kier molecular flexibility index (Phi) is 8.57. The van der Waals surface area contributed by atoms with Gasteiger partial charge in [0.05, 0.1) is 11.9 Å². The summed E-state index contributed by atoms with van der Waals surface area (Å²) in [7, 11) is 0. The average Bonchev–Trinajstić information content (AvgIpc) is 3.33. The van der Waals surface area contributed by atoms with Crippen LogP contribution in [-0.2, 0) is 11.2 Å². The molecule has 3 fully saturated rings. The van der Waals surface area contributed by atoms with Crippen molar-refractivity contribution in [3.8, 4) is 0 Å². The van der Waals surface area contributed by atoms with Gasteiger partial charge in [-0.1, -0.05) is 0 Å². The van der Waals surface area contributed by atoms with Gasteiger partial charge in [-0.25, -0.2) is 23.7 Å². The van der Waals surface area contributed by atoms with E-state index in [1.807, 2.05) is 0 Å². The number of nitrogens with two attached hydrogens (primary N) is 1. The van der Waals surface area contributed by atoms with Gasteiger partial charge in [-0.3, -0.25) is 9.36 Å². The second-order valence-corrected chi connectivity index (χ2v) is 12.4. The summed E-state index contributed by atoms with van der Waals surface area (Å²) in [5.74, 6) is 1.42. The average molecular weight is 566 g/mol. The number of halogens is 2. The van der Waals surface area contributed by atoms with Crippen molar-refractivity contribution in [2.24, 2.45) is 23.5 Å². The number of aromatic nitrogens is 4. The van der Waals surface area contributed by atoms with Crippen molar-refractivity contribution in [1.29, 1.82) is 0 Å². The van der Waals surface area contributed by atoms with Crippen LogP contribution in [0.5, 0.6) is 0 Å². The zero-order chi connectivity index (χ0) is 28.3. The smallest absolute Gasteiger partial charge is 0.210 e. The maximum absolute atomic E-state index is 14.6. The summed E-state index contributed by atoms with van der Waals surface area (Å²) in [6, 6.07) is 3.83. The molecule has 220 valence electrons. The highest BCUT2D eigenvalue weighted by atomic mass is 19.1. The number of hydrogen-bond acceptors (Lipinski definition) is 7. The van der Waals surface area contributed by atoms with Gasteiger partial charge < -0.3 is 16.4 Å². The lowest BCUT2D eigenvalue weighted by Gasteiger charge is -2.31. The van der Waals surface area contributed by atoms with E-state index in [4.69, 9.17) is 15.7 Å². The van der Waals surface area contributed by atoms with E-state index in [-0.39, 0.29) is 17.6 Å². The molecular formula is C31H41F2N7O. The summed E-state index contributed by atoms with van der Waals surface area (Å²) in [6.45, 7) is 2.00. The van der Waals surface area contributed by atoms with E-state index in [0.29, 0.717) is 41.5 Å². The first-order valence-electron chi connectivity index (χ1n) is 15.4. The third kappa shape index (κ3) is 6.59. The molecule has 8 nitrogen and oxygen atoms in total. The summed E-state index contributed by atoms with van der Waals surface area (Å²) in [6.07, 6.45) is 12.9. The molecule has 0 spiro atoms. The summed E-state index contributed by atoms with van der Waals surface area (Å²) < 4.78 is 30.3. The quantitative estimate of drug-likeness (QED) is 0.326. The molecule has 1 saturated heterocycles. The van der Waals surface area contributed by atoms with Gasteiger partial charge in [-0.05, 0) is 101 Å². The Balaban J connectivity index is 1.24. The lowest BCUT2D eigenvalue weighted by Crippen LogP contribution is -2.31. The number of Topliss-reactive ketones (excluding diaryl/α,β-unsaturated/α-hetero) is 1. The molecule has 0 atom stereocenters. The molecule has 0 radical (unpaired) electrons. The molecule has 0 amide bonds. The first-order valence-corrected chi connectivity index (χ1v) is 15.4. The van der Waals surface area contributed by atoms with Gasteiger partial charge >= 0.3 is 0 Å². The van der Waals surface area contributed by atoms with Gasteiger partial charge in [0, 0.05) is 36.9 Å². The third-order valence-corrected chi connectivity index (χ3v) is 9.49. The highest BCUT2D eigenvalue weighted by molar-refractivity contribution is 5.81. The number of ketones is 1. The molecule has 1 aromatic carbocycles. The summed E-state index contributed by atoms with van der Waals surface area (Å²) in [5.41, 5.74) is 7.61. The summed E-state index contributed by atoms with van der Waals surface area (Å²) in [5, 5.41) is 6.48. The van der Waals surface area contributed by atoms with Gasteiger partial charge in [-0.2, -0.15) is 0 Å². The van der Waals surface area contributed by atoms with Crippen LogP contribution in [0.1, 0.15) is 82.5 Å². The molecule has 3 heterocycles. The Morgan fingerprint density at radius 1 is 0.976 bits per heavy atom. The fourth-order valence-corrected chi connectivity index (χ4v) is 7.01. The second-order valence-electron chi connectivity index (χ2n) is 12.4. The fraction of sp³-hybridized carbons (Fsp3) is 0.613. The van der Waals surface area contributed by atoms with Crippen LogP contribution < -0.4 is 16.4 Å². The van der Waals surface area contributed by atoms with E-state index in [9.17, 15) is 13.6 Å². The van der Waals surface area contributed by atoms with Crippen LogP contribution in [-0.4, -0.2) is 44.4 Å². The minimum absolute atomic E-state index is 0.0596. The Labute approximate surface area is 239 Å². The minimum atomic E-state index is -0.682. The van der Waals surface area contributed by atoms with E-state index in [1.165, 1.54) is 12.1 Å². The SMILES string of the molecule is NC1CCC(Cc2ncc3nc(Nc4ccc(F)cc4F)n(C4CCC(C(=O)CC5CCNCC5)CC4)c3n2)CC1. The topological polar surface area (TPSA) is 111 Å². The predicted octanol–water partition coefficient (Wildman–Crippen LogP) is 5.60. The molecule has 41 heavy (non-hydrogen) atoms. The van der Waals surface area contributed by atoms with Crippen LogP contribution in [0.15, 0.2) is 24.4 Å². The molecule has 6 rings (SSSR count). The van der Waals surface area contributed by atoms with Crippen molar-refractivity contribution in [2.45, 2.75) is 89.1 Å². The number of rotatable bonds is 8. The Bertz CT molecular complexity index is 1360. The van der Waals surface area contributed by atoms with Crippen molar-refractivity contribution in [3.05, 3.63) is 41.9 Å². The molecule has 3 aromatic rings. The normalized spacial score (nSPS) is 25.8. The predicted molar refractivity (Wildman–Crippen MR) is 155 cm³/mol. The number of hydrogen-bond donors (Lipinski definition) is 3. The van der Waals surface area contributed by atoms with E-state index in [2.05, 4.69) is 20.2 Å². The molecule has 3 aliphatic rings. The van der Waals surface area contributed by atoms with E-state index in [0.717, 1.165) is 101 Å². The van der Waals surface area contributed by atoms with Crippen molar-refractivity contribution in [3.63, 3.8) is 0 Å². The maximum Gasteiger partial charge on any atom is 0.210 e. The molecule has 1 aliphatic heterocycles. The monoisotopic (exact) mass is 565 g/mol. The van der Waals surface area contributed by atoms with Crippen molar-refractivity contribution in [2.75, 3.05) is 18.4 Å². The highest BCUT2D eigenvalue weighted by Gasteiger charge is 2.31. The van der Waals surface area contributed by atoms with Crippen LogP contribution in [0.3, 0.4) is 0 Å². The number of benzene rings is 1. The molecule has 2 saturated carbocycles. The maximum atomic E-state index is 14.6.